The van der Waals surface area contributed by atoms with Gasteiger partial charge in [-0.25, -0.2) is 4.98 Å². The fourth-order valence-corrected chi connectivity index (χ4v) is 2.25. The summed E-state index contributed by atoms with van der Waals surface area (Å²) in [5.41, 5.74) is 1.02. The molecule has 0 N–H and O–H groups in total. The van der Waals surface area contributed by atoms with Gasteiger partial charge in [-0.15, -0.1) is 11.6 Å². The van der Waals surface area contributed by atoms with Crippen molar-refractivity contribution in [3.8, 4) is 11.5 Å². The van der Waals surface area contributed by atoms with Crippen LogP contribution in [0, 0.1) is 0 Å². The van der Waals surface area contributed by atoms with Crippen LogP contribution in [0.15, 0.2) is 67.3 Å². The Hall–Kier alpha value is -2.33. The first-order valence-electron chi connectivity index (χ1n) is 6.60. The van der Waals surface area contributed by atoms with Crippen molar-refractivity contribution in [2.75, 3.05) is 0 Å². The van der Waals surface area contributed by atoms with E-state index in [1.807, 2.05) is 54.6 Å². The molecule has 1 unspecified atom stereocenters. The van der Waals surface area contributed by atoms with Crippen LogP contribution < -0.4 is 4.74 Å². The summed E-state index contributed by atoms with van der Waals surface area (Å²) in [5.74, 6) is 1.60. The van der Waals surface area contributed by atoms with Crippen LogP contribution in [0.2, 0.25) is 0 Å². The lowest BCUT2D eigenvalue weighted by atomic mass is 10.1. The van der Waals surface area contributed by atoms with Crippen molar-refractivity contribution >= 4 is 11.6 Å². The monoisotopic (exact) mass is 299 g/mol. The van der Waals surface area contributed by atoms with E-state index >= 15 is 0 Å². The predicted molar refractivity (Wildman–Crippen MR) is 81.6 cm³/mol. The Labute approximate surface area is 128 Å². The van der Waals surface area contributed by atoms with Crippen molar-refractivity contribution in [2.24, 2.45) is 0 Å². The molecule has 2 aromatic carbocycles. The molecule has 0 fully saturated rings. The van der Waals surface area contributed by atoms with E-state index in [9.17, 15) is 0 Å². The average Bonchev–Trinajstić information content (AvgIpc) is 3.02. The Bertz CT molecular complexity index is 669. The summed E-state index contributed by atoms with van der Waals surface area (Å²) in [6, 6.07) is 17.4. The summed E-state index contributed by atoms with van der Waals surface area (Å²) in [4.78, 5) is 3.90. The van der Waals surface area contributed by atoms with Crippen molar-refractivity contribution in [1.29, 1.82) is 0 Å². The van der Waals surface area contributed by atoms with E-state index in [4.69, 9.17) is 16.3 Å². The number of hydrogen-bond acceptors (Lipinski definition) is 3. The molecule has 106 valence electrons. The SMILES string of the molecule is ClC(Cn1cncn1)c1ccc(Oc2ccccc2)cc1. The molecule has 1 heterocycles. The standard InChI is InChI=1S/C16H14ClN3O/c17-16(10-20-12-18-11-19-20)13-6-8-15(9-7-13)21-14-4-2-1-3-5-14/h1-9,11-12,16H,10H2. The Balaban J connectivity index is 1.66. The molecular weight excluding hydrogens is 286 g/mol. The second kappa shape index (κ2) is 6.41. The van der Waals surface area contributed by atoms with Crippen molar-refractivity contribution < 1.29 is 4.74 Å². The molecule has 1 atom stereocenters. The van der Waals surface area contributed by atoms with E-state index in [-0.39, 0.29) is 5.38 Å². The Morgan fingerprint density at radius 2 is 1.71 bits per heavy atom. The molecule has 5 heteroatoms. The molecule has 4 nitrogen and oxygen atoms in total. The predicted octanol–water partition coefficient (Wildman–Crippen LogP) is 4.05. The molecule has 3 rings (SSSR count). The zero-order chi connectivity index (χ0) is 14.5. The summed E-state index contributed by atoms with van der Waals surface area (Å²) in [6.45, 7) is 0.584. The number of alkyl halides is 1. The minimum atomic E-state index is -0.155. The Morgan fingerprint density at radius 3 is 2.38 bits per heavy atom. The van der Waals surface area contributed by atoms with E-state index in [2.05, 4.69) is 10.1 Å². The van der Waals surface area contributed by atoms with Gasteiger partial charge in [-0.05, 0) is 29.8 Å². The smallest absolute Gasteiger partial charge is 0.137 e. The molecule has 0 aliphatic carbocycles. The molecule has 0 aliphatic heterocycles. The van der Waals surface area contributed by atoms with Gasteiger partial charge < -0.3 is 4.74 Å². The quantitative estimate of drug-likeness (QED) is 0.667. The van der Waals surface area contributed by atoms with Crippen LogP contribution in [0.1, 0.15) is 10.9 Å². The third kappa shape index (κ3) is 3.61. The van der Waals surface area contributed by atoms with Gasteiger partial charge in [0.2, 0.25) is 0 Å². The molecule has 1 aromatic heterocycles. The first kappa shape index (κ1) is 13.6. The van der Waals surface area contributed by atoms with Crippen LogP contribution in [0.4, 0.5) is 0 Å². The van der Waals surface area contributed by atoms with E-state index < -0.39 is 0 Å². The van der Waals surface area contributed by atoms with Crippen LogP contribution in [0.3, 0.4) is 0 Å². The van der Waals surface area contributed by atoms with Crippen molar-refractivity contribution in [2.45, 2.75) is 11.9 Å². The van der Waals surface area contributed by atoms with E-state index in [0.29, 0.717) is 6.54 Å². The second-order valence-electron chi connectivity index (χ2n) is 4.57. The first-order chi connectivity index (χ1) is 10.3. The maximum atomic E-state index is 6.38. The number of halogens is 1. The van der Waals surface area contributed by atoms with Gasteiger partial charge >= 0.3 is 0 Å². The highest BCUT2D eigenvalue weighted by molar-refractivity contribution is 6.20. The van der Waals surface area contributed by atoms with Gasteiger partial charge in [0.1, 0.15) is 24.2 Å². The largest absolute Gasteiger partial charge is 0.457 e. The Kier molecular flexibility index (Phi) is 4.17. The van der Waals surface area contributed by atoms with Crippen molar-refractivity contribution in [1.82, 2.24) is 14.8 Å². The number of para-hydroxylation sites is 1. The summed E-state index contributed by atoms with van der Waals surface area (Å²) < 4.78 is 7.46. The molecule has 0 radical (unpaired) electrons. The Morgan fingerprint density at radius 1 is 1.00 bits per heavy atom. The van der Waals surface area contributed by atoms with Crippen LogP contribution in [-0.2, 0) is 6.54 Å². The van der Waals surface area contributed by atoms with Crippen LogP contribution >= 0.6 is 11.6 Å². The normalized spacial score (nSPS) is 12.0. The third-order valence-electron chi connectivity index (χ3n) is 3.03. The summed E-state index contributed by atoms with van der Waals surface area (Å²) in [7, 11) is 0. The molecule has 0 spiro atoms. The van der Waals surface area contributed by atoms with Gasteiger partial charge in [-0.3, -0.25) is 4.68 Å². The van der Waals surface area contributed by atoms with Crippen LogP contribution in [0.5, 0.6) is 11.5 Å². The van der Waals surface area contributed by atoms with Gasteiger partial charge in [0, 0.05) is 0 Å². The van der Waals surface area contributed by atoms with Crippen LogP contribution in [-0.4, -0.2) is 14.8 Å². The molecule has 0 amide bonds. The van der Waals surface area contributed by atoms with E-state index in [0.717, 1.165) is 17.1 Å². The van der Waals surface area contributed by atoms with E-state index in [1.165, 1.54) is 6.33 Å². The molecule has 0 aliphatic rings. The van der Waals surface area contributed by atoms with Gasteiger partial charge in [-0.1, -0.05) is 30.3 Å². The summed E-state index contributed by atoms with van der Waals surface area (Å²) in [5, 5.41) is 3.90. The molecule has 0 saturated carbocycles. The highest BCUT2D eigenvalue weighted by Gasteiger charge is 2.09. The van der Waals surface area contributed by atoms with Gasteiger partial charge in [0.15, 0.2) is 0 Å². The number of aromatic nitrogens is 3. The molecule has 0 bridgehead atoms. The lowest BCUT2D eigenvalue weighted by Crippen LogP contribution is -2.04. The minimum Gasteiger partial charge on any atom is -0.457 e. The number of ether oxygens (including phenoxy) is 1. The van der Waals surface area contributed by atoms with Crippen molar-refractivity contribution in [3.05, 3.63) is 72.8 Å². The molecule has 0 saturated heterocycles. The topological polar surface area (TPSA) is 39.9 Å². The van der Waals surface area contributed by atoms with Gasteiger partial charge in [0.05, 0.1) is 11.9 Å². The number of benzene rings is 2. The highest BCUT2D eigenvalue weighted by atomic mass is 35.5. The minimum absolute atomic E-state index is 0.155. The van der Waals surface area contributed by atoms with Crippen LogP contribution in [0.25, 0.3) is 0 Å². The first-order valence-corrected chi connectivity index (χ1v) is 7.04. The zero-order valence-electron chi connectivity index (χ0n) is 11.3. The second-order valence-corrected chi connectivity index (χ2v) is 5.10. The number of nitrogens with zero attached hydrogens (tertiary/aromatic N) is 3. The molecule has 3 aromatic rings. The van der Waals surface area contributed by atoms with E-state index in [1.54, 1.807) is 11.0 Å². The fourth-order valence-electron chi connectivity index (χ4n) is 1.97. The lowest BCUT2D eigenvalue weighted by molar-refractivity contribution is 0.482. The third-order valence-corrected chi connectivity index (χ3v) is 3.42. The highest BCUT2D eigenvalue weighted by Crippen LogP contribution is 2.26. The molecule has 21 heavy (non-hydrogen) atoms. The van der Waals surface area contributed by atoms with Crippen molar-refractivity contribution in [3.63, 3.8) is 0 Å². The number of rotatable bonds is 5. The zero-order valence-corrected chi connectivity index (χ0v) is 12.0. The van der Waals surface area contributed by atoms with Gasteiger partial charge in [-0.2, -0.15) is 5.10 Å². The van der Waals surface area contributed by atoms with Gasteiger partial charge in [0.25, 0.3) is 0 Å². The maximum absolute atomic E-state index is 6.38. The summed E-state index contributed by atoms with van der Waals surface area (Å²) >= 11 is 6.38. The maximum Gasteiger partial charge on any atom is 0.137 e. The molecular formula is C16H14ClN3O. The lowest BCUT2D eigenvalue weighted by Gasteiger charge is -2.11. The number of hydrogen-bond donors (Lipinski definition) is 0. The summed E-state index contributed by atoms with van der Waals surface area (Å²) in [6.07, 6.45) is 3.16. The average molecular weight is 300 g/mol. The fraction of sp³-hybridized carbons (Fsp3) is 0.125.